The van der Waals surface area contributed by atoms with Gasteiger partial charge < -0.3 is 19.2 Å². The number of anilines is 1. The van der Waals surface area contributed by atoms with Crippen LogP contribution in [0.1, 0.15) is 37.6 Å². The number of benzene rings is 1. The molecule has 196 valence electrons. The van der Waals surface area contributed by atoms with E-state index in [0.29, 0.717) is 41.7 Å². The van der Waals surface area contributed by atoms with Crippen molar-refractivity contribution < 1.29 is 14.3 Å². The predicted octanol–water partition coefficient (Wildman–Crippen LogP) is 5.98. The van der Waals surface area contributed by atoms with Crippen LogP contribution in [0.25, 0.3) is 23.1 Å². The second kappa shape index (κ2) is 10.1. The van der Waals surface area contributed by atoms with Crippen molar-refractivity contribution in [2.45, 2.75) is 45.8 Å². The Bertz CT molecular complexity index is 1350. The summed E-state index contributed by atoms with van der Waals surface area (Å²) in [6.45, 7) is 14.2. The van der Waals surface area contributed by atoms with Gasteiger partial charge in [-0.1, -0.05) is 20.8 Å². The highest BCUT2D eigenvalue weighted by molar-refractivity contribution is 6.74. The number of nitrogens with zero attached hydrogens (tertiary/aromatic N) is 5. The molecule has 0 unspecified atom stereocenters. The first-order valence-electron chi connectivity index (χ1n) is 12.4. The Balaban J connectivity index is 1.77. The van der Waals surface area contributed by atoms with Crippen molar-refractivity contribution in [3.05, 3.63) is 65.4 Å². The molecular formula is C28H37N5O3Si. The van der Waals surface area contributed by atoms with Crippen molar-refractivity contribution in [1.82, 2.24) is 19.7 Å². The van der Waals surface area contributed by atoms with Crippen LogP contribution in [0.2, 0.25) is 18.1 Å². The maximum Gasteiger partial charge on any atom is 0.192 e. The molecule has 0 fully saturated rings. The zero-order valence-corrected chi connectivity index (χ0v) is 24.0. The third kappa shape index (κ3) is 5.62. The molecule has 9 heteroatoms. The summed E-state index contributed by atoms with van der Waals surface area (Å²) in [6, 6.07) is 5.71. The van der Waals surface area contributed by atoms with Gasteiger partial charge in [-0.15, -0.1) is 0 Å². The van der Waals surface area contributed by atoms with Gasteiger partial charge in [0.25, 0.3) is 0 Å². The van der Waals surface area contributed by atoms with E-state index in [1.165, 1.54) is 0 Å². The number of aromatic nitrogens is 4. The normalized spacial score (nSPS) is 15.1. The summed E-state index contributed by atoms with van der Waals surface area (Å²) in [6.07, 6.45) is 9.21. The average Bonchev–Trinajstić information content (AvgIpc) is 3.28. The number of aliphatic hydroxyl groups is 1. The van der Waals surface area contributed by atoms with E-state index in [0.717, 1.165) is 16.8 Å². The van der Waals surface area contributed by atoms with Gasteiger partial charge in [-0.2, -0.15) is 5.10 Å². The van der Waals surface area contributed by atoms with Gasteiger partial charge in [-0.3, -0.25) is 9.67 Å². The highest BCUT2D eigenvalue weighted by Gasteiger charge is 2.37. The summed E-state index contributed by atoms with van der Waals surface area (Å²) >= 11 is 0. The molecule has 3 heterocycles. The lowest BCUT2D eigenvalue weighted by Crippen LogP contribution is -2.43. The number of aryl methyl sites for hydroxylation is 2. The average molecular weight is 520 g/mol. The SMILES string of the molecule is COc1cc(C)cc(/C(O)=C2/C=Cc3ncc(-c4cnn(C)c4)nc3N2CCO[Si](C)(C)C(C)(C)C)c1. The van der Waals surface area contributed by atoms with Gasteiger partial charge >= 0.3 is 0 Å². The number of fused-ring (bicyclic) bond motifs is 1. The topological polar surface area (TPSA) is 85.5 Å². The Morgan fingerprint density at radius 2 is 1.86 bits per heavy atom. The lowest BCUT2D eigenvalue weighted by molar-refractivity contribution is 0.296. The van der Waals surface area contributed by atoms with E-state index in [2.05, 4.69) is 43.9 Å². The molecule has 2 aromatic heterocycles. The summed E-state index contributed by atoms with van der Waals surface area (Å²) in [4.78, 5) is 11.6. The third-order valence-corrected chi connectivity index (χ3v) is 11.7. The number of methoxy groups -OCH3 is 1. The zero-order valence-electron chi connectivity index (χ0n) is 23.0. The molecule has 0 saturated heterocycles. The molecule has 0 bridgehead atoms. The minimum atomic E-state index is -1.96. The third-order valence-electron chi connectivity index (χ3n) is 7.11. The molecule has 1 aliphatic heterocycles. The fourth-order valence-corrected chi connectivity index (χ4v) is 4.99. The van der Waals surface area contributed by atoms with Crippen molar-refractivity contribution in [1.29, 1.82) is 0 Å². The number of hydrogen-bond donors (Lipinski definition) is 1. The summed E-state index contributed by atoms with van der Waals surface area (Å²) in [5, 5.41) is 15.9. The molecule has 1 aliphatic rings. The minimum Gasteiger partial charge on any atom is -0.505 e. The van der Waals surface area contributed by atoms with Crippen LogP contribution in [-0.2, 0) is 11.5 Å². The number of allylic oxidation sites excluding steroid dienone is 1. The molecule has 1 aromatic carbocycles. The van der Waals surface area contributed by atoms with Crippen LogP contribution in [0.4, 0.5) is 5.82 Å². The Hall–Kier alpha value is -3.43. The van der Waals surface area contributed by atoms with Gasteiger partial charge in [0, 0.05) is 30.9 Å². The smallest absolute Gasteiger partial charge is 0.192 e. The fraction of sp³-hybridized carbons (Fsp3) is 0.393. The van der Waals surface area contributed by atoms with E-state index >= 15 is 0 Å². The molecule has 1 N–H and O–H groups in total. The molecule has 0 saturated carbocycles. The summed E-state index contributed by atoms with van der Waals surface area (Å²) in [5.74, 6) is 1.50. The Labute approximate surface area is 220 Å². The van der Waals surface area contributed by atoms with Gasteiger partial charge in [0.1, 0.15) is 17.2 Å². The molecule has 0 aliphatic carbocycles. The number of hydrogen-bond acceptors (Lipinski definition) is 7. The second-order valence-electron chi connectivity index (χ2n) is 10.9. The Morgan fingerprint density at radius 1 is 1.11 bits per heavy atom. The highest BCUT2D eigenvalue weighted by Crippen LogP contribution is 2.37. The van der Waals surface area contributed by atoms with Crippen LogP contribution >= 0.6 is 0 Å². The first-order chi connectivity index (χ1) is 17.4. The number of aliphatic hydroxyl groups excluding tert-OH is 1. The standard InChI is InChI=1S/C28H37N5O3Si/c1-19-13-20(15-22(14-19)35-6)26(34)25-10-9-23-27(31-24(17-29-23)21-16-30-32(5)18-21)33(25)11-12-36-37(7,8)28(2,3)4/h9-10,13-18,34H,11-12H2,1-8H3/b26-25+. The fourth-order valence-electron chi connectivity index (χ4n) is 3.95. The first kappa shape index (κ1) is 26.6. The van der Waals surface area contributed by atoms with E-state index in [9.17, 15) is 5.11 Å². The summed E-state index contributed by atoms with van der Waals surface area (Å²) in [7, 11) is 1.54. The molecule has 0 atom stereocenters. The van der Waals surface area contributed by atoms with Gasteiger partial charge in [-0.05, 0) is 61.0 Å². The first-order valence-corrected chi connectivity index (χ1v) is 15.4. The Kier molecular flexibility index (Phi) is 7.30. The summed E-state index contributed by atoms with van der Waals surface area (Å²) in [5.41, 5.74) is 4.63. The zero-order chi connectivity index (χ0) is 27.0. The molecule has 37 heavy (non-hydrogen) atoms. The molecular weight excluding hydrogens is 482 g/mol. The molecule has 4 rings (SSSR count). The van der Waals surface area contributed by atoms with Crippen molar-refractivity contribution in [3.8, 4) is 17.0 Å². The van der Waals surface area contributed by atoms with Crippen molar-refractivity contribution >= 4 is 26.0 Å². The van der Waals surface area contributed by atoms with E-state index in [-0.39, 0.29) is 10.8 Å². The van der Waals surface area contributed by atoms with Gasteiger partial charge in [-0.25, -0.2) is 4.98 Å². The van der Waals surface area contributed by atoms with E-state index in [1.807, 2.05) is 55.4 Å². The maximum atomic E-state index is 11.5. The second-order valence-corrected chi connectivity index (χ2v) is 15.7. The van der Waals surface area contributed by atoms with Crippen LogP contribution in [0.15, 0.2) is 48.6 Å². The number of ether oxygens (including phenoxy) is 1. The van der Waals surface area contributed by atoms with Gasteiger partial charge in [0.2, 0.25) is 0 Å². The lowest BCUT2D eigenvalue weighted by Gasteiger charge is -2.37. The van der Waals surface area contributed by atoms with Crippen LogP contribution in [0.3, 0.4) is 0 Å². The molecule has 0 spiro atoms. The summed E-state index contributed by atoms with van der Waals surface area (Å²) < 4.78 is 13.7. The van der Waals surface area contributed by atoms with E-state index in [1.54, 1.807) is 24.2 Å². The van der Waals surface area contributed by atoms with Gasteiger partial charge in [0.15, 0.2) is 14.1 Å². The number of rotatable bonds is 7. The van der Waals surface area contributed by atoms with Crippen LogP contribution < -0.4 is 9.64 Å². The van der Waals surface area contributed by atoms with Crippen molar-refractivity contribution in [2.75, 3.05) is 25.2 Å². The van der Waals surface area contributed by atoms with Crippen molar-refractivity contribution in [3.63, 3.8) is 0 Å². The minimum absolute atomic E-state index is 0.0962. The van der Waals surface area contributed by atoms with Crippen molar-refractivity contribution in [2.24, 2.45) is 7.05 Å². The molecule has 8 nitrogen and oxygen atoms in total. The lowest BCUT2D eigenvalue weighted by atomic mass is 10.1. The quantitative estimate of drug-likeness (QED) is 0.304. The monoisotopic (exact) mass is 519 g/mol. The van der Waals surface area contributed by atoms with E-state index in [4.69, 9.17) is 14.1 Å². The largest absolute Gasteiger partial charge is 0.505 e. The van der Waals surface area contributed by atoms with Gasteiger partial charge in [0.05, 0.1) is 37.5 Å². The predicted molar refractivity (Wildman–Crippen MR) is 151 cm³/mol. The van der Waals surface area contributed by atoms with Crippen LogP contribution in [0.5, 0.6) is 5.75 Å². The maximum absolute atomic E-state index is 11.5. The van der Waals surface area contributed by atoms with E-state index < -0.39 is 8.32 Å². The molecule has 3 aromatic rings. The van der Waals surface area contributed by atoms with Crippen LogP contribution in [0, 0.1) is 6.92 Å². The van der Waals surface area contributed by atoms with Crippen LogP contribution in [-0.4, -0.2) is 53.4 Å². The Morgan fingerprint density at radius 3 is 2.51 bits per heavy atom. The highest BCUT2D eigenvalue weighted by atomic mass is 28.4. The molecule has 0 amide bonds. The molecule has 0 radical (unpaired) electrons.